The van der Waals surface area contributed by atoms with E-state index >= 15 is 0 Å². The molecule has 0 bridgehead atoms. The van der Waals surface area contributed by atoms with Gasteiger partial charge < -0.3 is 19.5 Å². The lowest BCUT2D eigenvalue weighted by Gasteiger charge is -2.12. The van der Waals surface area contributed by atoms with Crippen LogP contribution in [0.4, 0.5) is 14.5 Å². The summed E-state index contributed by atoms with van der Waals surface area (Å²) in [4.78, 5) is 23.6. The highest BCUT2D eigenvalue weighted by Crippen LogP contribution is 2.23. The molecule has 0 unspecified atom stereocenters. The van der Waals surface area contributed by atoms with Gasteiger partial charge in [0.05, 0.1) is 0 Å². The minimum Gasteiger partial charge on any atom is -0.482 e. The molecule has 0 heterocycles. The average molecular weight is 407 g/mol. The molecule has 0 spiro atoms. The highest BCUT2D eigenvalue weighted by molar-refractivity contribution is 5.92. The van der Waals surface area contributed by atoms with Crippen LogP contribution in [-0.2, 0) is 14.3 Å². The third kappa shape index (κ3) is 7.40. The number of hydrogen-bond donors (Lipinski definition) is 1. The number of anilines is 1. The molecular weight excluding hydrogens is 384 g/mol. The third-order valence-electron chi connectivity index (χ3n) is 3.95. The summed E-state index contributed by atoms with van der Waals surface area (Å²) >= 11 is 0. The van der Waals surface area contributed by atoms with Crippen molar-refractivity contribution < 1.29 is 32.6 Å². The van der Waals surface area contributed by atoms with Gasteiger partial charge in [-0.15, -0.1) is 0 Å². The zero-order valence-corrected chi connectivity index (χ0v) is 16.4. The molecule has 0 atom stereocenters. The number of carbonyl (C=O) groups is 2. The lowest BCUT2D eigenvalue weighted by molar-refractivity contribution is -0.149. The minimum absolute atomic E-state index is 0.0294. The van der Waals surface area contributed by atoms with Gasteiger partial charge in [-0.3, -0.25) is 4.79 Å². The maximum Gasteiger partial charge on any atom is 0.387 e. The van der Waals surface area contributed by atoms with E-state index in [9.17, 15) is 18.4 Å². The van der Waals surface area contributed by atoms with E-state index in [1.54, 1.807) is 6.07 Å². The van der Waals surface area contributed by atoms with Gasteiger partial charge in [-0.1, -0.05) is 19.9 Å². The monoisotopic (exact) mass is 407 g/mol. The van der Waals surface area contributed by atoms with Crippen LogP contribution >= 0.6 is 0 Å². The summed E-state index contributed by atoms with van der Waals surface area (Å²) < 4.78 is 38.7. The number of hydrogen-bond acceptors (Lipinski definition) is 5. The molecule has 6 nitrogen and oxygen atoms in total. The fourth-order valence-corrected chi connectivity index (χ4v) is 2.63. The maximum atomic E-state index is 12.1. The van der Waals surface area contributed by atoms with Crippen molar-refractivity contribution in [2.45, 2.75) is 33.3 Å². The van der Waals surface area contributed by atoms with Crippen molar-refractivity contribution in [1.82, 2.24) is 0 Å². The van der Waals surface area contributed by atoms with Crippen LogP contribution < -0.4 is 14.8 Å². The smallest absolute Gasteiger partial charge is 0.387 e. The summed E-state index contributed by atoms with van der Waals surface area (Å²) in [6, 6.07) is 10.9. The first-order chi connectivity index (χ1) is 13.7. The first kappa shape index (κ1) is 22.1. The molecule has 0 aliphatic rings. The number of rotatable bonds is 9. The molecule has 0 fully saturated rings. The number of benzene rings is 2. The molecule has 2 aromatic carbocycles. The standard InChI is InChI=1S/C21H23F2NO5/c1-13(2)18-9-8-17(10-14(18)3)27-12-20(26)28-11-19(25)24-15-4-6-16(7-5-15)29-21(22)23/h4-10,13,21H,11-12H2,1-3H3,(H,24,25). The molecule has 1 amide bonds. The van der Waals surface area contributed by atoms with Crippen molar-refractivity contribution in [1.29, 1.82) is 0 Å². The highest BCUT2D eigenvalue weighted by Gasteiger charge is 2.11. The van der Waals surface area contributed by atoms with Crippen LogP contribution in [0.2, 0.25) is 0 Å². The van der Waals surface area contributed by atoms with Crippen molar-refractivity contribution in [2.24, 2.45) is 0 Å². The number of alkyl halides is 2. The van der Waals surface area contributed by atoms with Crippen LogP contribution in [0.3, 0.4) is 0 Å². The lowest BCUT2D eigenvalue weighted by Crippen LogP contribution is -2.23. The normalized spacial score (nSPS) is 10.7. The molecule has 2 aromatic rings. The van der Waals surface area contributed by atoms with E-state index in [1.807, 2.05) is 19.1 Å². The highest BCUT2D eigenvalue weighted by atomic mass is 19.3. The van der Waals surface area contributed by atoms with E-state index in [4.69, 9.17) is 9.47 Å². The van der Waals surface area contributed by atoms with Gasteiger partial charge in [0, 0.05) is 5.69 Å². The van der Waals surface area contributed by atoms with E-state index in [0.717, 1.165) is 5.56 Å². The van der Waals surface area contributed by atoms with Gasteiger partial charge in [-0.05, 0) is 60.4 Å². The maximum absolute atomic E-state index is 12.1. The molecule has 0 saturated carbocycles. The van der Waals surface area contributed by atoms with Gasteiger partial charge in [-0.2, -0.15) is 8.78 Å². The Hall–Kier alpha value is -3.16. The van der Waals surface area contributed by atoms with Gasteiger partial charge in [0.1, 0.15) is 11.5 Å². The van der Waals surface area contributed by atoms with Crippen molar-refractivity contribution in [3.63, 3.8) is 0 Å². The Bertz CT molecular complexity index is 837. The fourth-order valence-electron chi connectivity index (χ4n) is 2.63. The zero-order valence-electron chi connectivity index (χ0n) is 16.4. The Morgan fingerprint density at radius 1 is 1.00 bits per heavy atom. The fraction of sp³-hybridized carbons (Fsp3) is 0.333. The number of carbonyl (C=O) groups excluding carboxylic acids is 2. The predicted octanol–water partition coefficient (Wildman–Crippen LogP) is 4.28. The Morgan fingerprint density at radius 2 is 1.66 bits per heavy atom. The molecule has 0 aromatic heterocycles. The quantitative estimate of drug-likeness (QED) is 0.628. The van der Waals surface area contributed by atoms with Gasteiger partial charge in [0.25, 0.3) is 5.91 Å². The Labute approximate surface area is 167 Å². The minimum atomic E-state index is -2.92. The zero-order chi connectivity index (χ0) is 21.4. The predicted molar refractivity (Wildman–Crippen MR) is 103 cm³/mol. The number of aryl methyl sites for hydroxylation is 1. The van der Waals surface area contributed by atoms with E-state index in [-0.39, 0.29) is 12.4 Å². The first-order valence-electron chi connectivity index (χ1n) is 8.98. The van der Waals surface area contributed by atoms with Crippen LogP contribution in [-0.4, -0.2) is 31.7 Å². The molecule has 0 aliphatic carbocycles. The first-order valence-corrected chi connectivity index (χ1v) is 8.98. The topological polar surface area (TPSA) is 73.9 Å². The molecule has 2 rings (SSSR count). The average Bonchev–Trinajstić information content (AvgIpc) is 2.65. The molecule has 29 heavy (non-hydrogen) atoms. The Morgan fingerprint density at radius 3 is 2.24 bits per heavy atom. The van der Waals surface area contributed by atoms with Crippen molar-refractivity contribution >= 4 is 17.6 Å². The molecule has 0 saturated heterocycles. The molecule has 1 N–H and O–H groups in total. The summed E-state index contributed by atoms with van der Waals surface area (Å²) in [5.41, 5.74) is 2.62. The summed E-state index contributed by atoms with van der Waals surface area (Å²) in [7, 11) is 0. The second-order valence-electron chi connectivity index (χ2n) is 6.57. The number of amides is 1. The molecule has 8 heteroatoms. The number of esters is 1. The lowest BCUT2D eigenvalue weighted by atomic mass is 9.98. The second kappa shape index (κ2) is 10.4. The van der Waals surface area contributed by atoms with Crippen LogP contribution in [0.25, 0.3) is 0 Å². The summed E-state index contributed by atoms with van der Waals surface area (Å²) in [5, 5.41) is 2.48. The summed E-state index contributed by atoms with van der Waals surface area (Å²) in [5.74, 6) is -0.359. The van der Waals surface area contributed by atoms with Gasteiger partial charge in [-0.25, -0.2) is 4.79 Å². The number of ether oxygens (including phenoxy) is 3. The van der Waals surface area contributed by atoms with E-state index < -0.39 is 25.1 Å². The van der Waals surface area contributed by atoms with Gasteiger partial charge >= 0.3 is 12.6 Å². The SMILES string of the molecule is Cc1cc(OCC(=O)OCC(=O)Nc2ccc(OC(F)F)cc2)ccc1C(C)C. The summed E-state index contributed by atoms with van der Waals surface area (Å²) in [6.07, 6.45) is 0. The van der Waals surface area contributed by atoms with Crippen LogP contribution in [0, 0.1) is 6.92 Å². The van der Waals surface area contributed by atoms with Gasteiger partial charge in [0.15, 0.2) is 13.2 Å². The van der Waals surface area contributed by atoms with Crippen LogP contribution in [0.1, 0.15) is 30.9 Å². The van der Waals surface area contributed by atoms with Crippen LogP contribution in [0.5, 0.6) is 11.5 Å². The van der Waals surface area contributed by atoms with Gasteiger partial charge in [0.2, 0.25) is 0 Å². The molecule has 156 valence electrons. The molecule has 0 radical (unpaired) electrons. The van der Waals surface area contributed by atoms with Crippen LogP contribution in [0.15, 0.2) is 42.5 Å². The number of halogens is 2. The van der Waals surface area contributed by atoms with E-state index in [2.05, 4.69) is 23.9 Å². The van der Waals surface area contributed by atoms with Crippen molar-refractivity contribution in [3.8, 4) is 11.5 Å². The molecular formula is C21H23F2NO5. The summed E-state index contributed by atoms with van der Waals surface area (Å²) in [6.45, 7) is 2.41. The van der Waals surface area contributed by atoms with Crippen molar-refractivity contribution in [3.05, 3.63) is 53.6 Å². The van der Waals surface area contributed by atoms with Crippen molar-refractivity contribution in [2.75, 3.05) is 18.5 Å². The Kier molecular flexibility index (Phi) is 7.94. The Balaban J connectivity index is 1.74. The van der Waals surface area contributed by atoms with E-state index in [0.29, 0.717) is 17.4 Å². The van der Waals surface area contributed by atoms with E-state index in [1.165, 1.54) is 29.8 Å². The molecule has 0 aliphatic heterocycles. The second-order valence-corrected chi connectivity index (χ2v) is 6.57. The third-order valence-corrected chi connectivity index (χ3v) is 3.95. The number of nitrogens with one attached hydrogen (secondary N) is 1. The largest absolute Gasteiger partial charge is 0.482 e.